The van der Waals surface area contributed by atoms with Gasteiger partial charge < -0.3 is 19.6 Å². The number of aromatic nitrogens is 4. The van der Waals surface area contributed by atoms with E-state index in [0.717, 1.165) is 43.5 Å². The quantitative estimate of drug-likeness (QED) is 0.759. The third-order valence-electron chi connectivity index (χ3n) is 4.86. The molecule has 0 spiro atoms. The van der Waals surface area contributed by atoms with Crippen molar-refractivity contribution in [2.75, 3.05) is 13.1 Å². The second-order valence-corrected chi connectivity index (χ2v) is 6.57. The first-order chi connectivity index (χ1) is 12.2. The maximum Gasteiger partial charge on any atom is 0.253 e. The number of carbonyl (C=O) groups excluding carboxylic acids is 1. The first kappa shape index (κ1) is 15.8. The molecule has 7 heteroatoms. The van der Waals surface area contributed by atoms with Gasteiger partial charge in [0.05, 0.1) is 17.4 Å². The molecule has 3 heterocycles. The summed E-state index contributed by atoms with van der Waals surface area (Å²) in [4.78, 5) is 26.1. The zero-order valence-electron chi connectivity index (χ0n) is 13.9. The largest absolute Gasteiger partial charge is 0.388 e. The number of hydrogen-bond donors (Lipinski definition) is 2. The van der Waals surface area contributed by atoms with Crippen molar-refractivity contribution in [2.24, 2.45) is 5.92 Å². The van der Waals surface area contributed by atoms with Crippen LogP contribution in [0.15, 0.2) is 36.9 Å². The number of amides is 1. The van der Waals surface area contributed by atoms with Gasteiger partial charge in [0.15, 0.2) is 0 Å². The van der Waals surface area contributed by atoms with Crippen LogP contribution in [-0.4, -0.2) is 48.5 Å². The number of rotatable bonds is 4. The van der Waals surface area contributed by atoms with Crippen molar-refractivity contribution in [1.82, 2.24) is 24.4 Å². The zero-order chi connectivity index (χ0) is 17.2. The first-order valence-corrected chi connectivity index (χ1v) is 8.57. The highest BCUT2D eigenvalue weighted by Gasteiger charge is 2.24. The fourth-order valence-electron chi connectivity index (χ4n) is 3.46. The van der Waals surface area contributed by atoms with Crippen LogP contribution in [0.1, 0.15) is 29.0 Å². The SMILES string of the molecule is O=C(c1ccc2nc(CO)[nH]c2c1)N1CCC(Cn2ccnc2)CC1. The van der Waals surface area contributed by atoms with Gasteiger partial charge in [0, 0.05) is 37.6 Å². The number of benzene rings is 1. The Morgan fingerprint density at radius 1 is 1.32 bits per heavy atom. The van der Waals surface area contributed by atoms with Gasteiger partial charge in [-0.1, -0.05) is 0 Å². The number of aliphatic hydroxyl groups is 1. The lowest BCUT2D eigenvalue weighted by Gasteiger charge is -2.32. The molecule has 2 aromatic heterocycles. The maximum atomic E-state index is 12.8. The molecular formula is C18H21N5O2. The van der Waals surface area contributed by atoms with E-state index in [-0.39, 0.29) is 12.5 Å². The molecule has 0 saturated carbocycles. The molecule has 7 nitrogen and oxygen atoms in total. The molecule has 25 heavy (non-hydrogen) atoms. The van der Waals surface area contributed by atoms with Crippen LogP contribution >= 0.6 is 0 Å². The molecule has 4 rings (SSSR count). The monoisotopic (exact) mass is 339 g/mol. The highest BCUT2D eigenvalue weighted by atomic mass is 16.3. The van der Waals surface area contributed by atoms with Gasteiger partial charge in [-0.15, -0.1) is 0 Å². The number of imidazole rings is 2. The number of hydrogen-bond acceptors (Lipinski definition) is 4. The molecule has 0 aliphatic carbocycles. The predicted molar refractivity (Wildman–Crippen MR) is 92.9 cm³/mol. The topological polar surface area (TPSA) is 87.0 Å². The third kappa shape index (κ3) is 3.28. The molecule has 2 N–H and O–H groups in total. The van der Waals surface area contributed by atoms with Crippen LogP contribution in [0.25, 0.3) is 11.0 Å². The van der Waals surface area contributed by atoms with Crippen LogP contribution in [-0.2, 0) is 13.2 Å². The number of fused-ring (bicyclic) bond motifs is 1. The van der Waals surface area contributed by atoms with E-state index in [2.05, 4.69) is 19.5 Å². The van der Waals surface area contributed by atoms with Crippen LogP contribution < -0.4 is 0 Å². The van der Waals surface area contributed by atoms with Crippen molar-refractivity contribution >= 4 is 16.9 Å². The molecule has 3 aromatic rings. The van der Waals surface area contributed by atoms with Gasteiger partial charge in [0.2, 0.25) is 0 Å². The summed E-state index contributed by atoms with van der Waals surface area (Å²) in [5, 5.41) is 9.16. The van der Waals surface area contributed by atoms with Crippen LogP contribution in [0.5, 0.6) is 0 Å². The molecule has 1 fully saturated rings. The summed E-state index contributed by atoms with van der Waals surface area (Å²) < 4.78 is 2.10. The predicted octanol–water partition coefficient (Wildman–Crippen LogP) is 1.80. The van der Waals surface area contributed by atoms with E-state index in [9.17, 15) is 4.79 Å². The summed E-state index contributed by atoms with van der Waals surface area (Å²) in [6.45, 7) is 2.39. The first-order valence-electron chi connectivity index (χ1n) is 8.57. The van der Waals surface area contributed by atoms with Crippen LogP contribution in [0.2, 0.25) is 0 Å². The molecule has 1 aliphatic rings. The summed E-state index contributed by atoms with van der Waals surface area (Å²) >= 11 is 0. The van der Waals surface area contributed by atoms with Gasteiger partial charge in [-0.05, 0) is 37.0 Å². The summed E-state index contributed by atoms with van der Waals surface area (Å²) in [5.41, 5.74) is 2.21. The number of nitrogens with zero attached hydrogens (tertiary/aromatic N) is 4. The normalized spacial score (nSPS) is 15.8. The van der Waals surface area contributed by atoms with Crippen molar-refractivity contribution in [1.29, 1.82) is 0 Å². The van der Waals surface area contributed by atoms with Crippen LogP contribution in [0.3, 0.4) is 0 Å². The summed E-state index contributed by atoms with van der Waals surface area (Å²) in [6.07, 6.45) is 7.64. The van der Waals surface area contributed by atoms with Gasteiger partial charge in [0.25, 0.3) is 5.91 Å². The Labute approximate surface area is 145 Å². The molecule has 1 aromatic carbocycles. The highest BCUT2D eigenvalue weighted by Crippen LogP contribution is 2.22. The summed E-state index contributed by atoms with van der Waals surface area (Å²) in [6, 6.07) is 5.45. The molecule has 1 aliphatic heterocycles. The Morgan fingerprint density at radius 3 is 2.88 bits per heavy atom. The number of aliphatic hydroxyl groups excluding tert-OH is 1. The molecule has 1 amide bonds. The number of nitrogens with one attached hydrogen (secondary N) is 1. The van der Waals surface area contributed by atoms with E-state index in [1.165, 1.54) is 0 Å². The molecular weight excluding hydrogens is 318 g/mol. The van der Waals surface area contributed by atoms with Crippen molar-refractivity contribution < 1.29 is 9.90 Å². The average molecular weight is 339 g/mol. The minimum absolute atomic E-state index is 0.0585. The van der Waals surface area contributed by atoms with Gasteiger partial charge in [-0.2, -0.15) is 0 Å². The minimum atomic E-state index is -0.137. The lowest BCUT2D eigenvalue weighted by molar-refractivity contribution is 0.0683. The number of likely N-dealkylation sites (tertiary alicyclic amines) is 1. The molecule has 130 valence electrons. The zero-order valence-corrected chi connectivity index (χ0v) is 13.9. The van der Waals surface area contributed by atoms with Crippen molar-refractivity contribution in [3.63, 3.8) is 0 Å². The Hall–Kier alpha value is -2.67. The standard InChI is InChI=1S/C18H21N5O2/c24-11-17-20-15-2-1-14(9-16(15)21-17)18(25)23-6-3-13(4-7-23)10-22-8-5-19-12-22/h1-2,5,8-9,12-13,24H,3-4,6-7,10-11H2,(H,20,21). The smallest absolute Gasteiger partial charge is 0.253 e. The summed E-state index contributed by atoms with van der Waals surface area (Å²) in [7, 11) is 0. The van der Waals surface area contributed by atoms with E-state index < -0.39 is 0 Å². The molecule has 1 saturated heterocycles. The maximum absolute atomic E-state index is 12.8. The van der Waals surface area contributed by atoms with E-state index in [1.54, 1.807) is 6.20 Å². The highest BCUT2D eigenvalue weighted by molar-refractivity contribution is 5.97. The van der Waals surface area contributed by atoms with E-state index in [1.807, 2.05) is 35.6 Å². The number of carbonyl (C=O) groups is 1. The van der Waals surface area contributed by atoms with Gasteiger partial charge in [-0.3, -0.25) is 4.79 Å². The van der Waals surface area contributed by atoms with Crippen LogP contribution in [0.4, 0.5) is 0 Å². The Bertz CT molecular complexity index is 863. The fourth-order valence-corrected chi connectivity index (χ4v) is 3.46. The van der Waals surface area contributed by atoms with Crippen LogP contribution in [0, 0.1) is 5.92 Å². The van der Waals surface area contributed by atoms with Gasteiger partial charge in [-0.25, -0.2) is 9.97 Å². The molecule has 0 atom stereocenters. The Kier molecular flexibility index (Phi) is 4.23. The molecule has 0 radical (unpaired) electrons. The van der Waals surface area contributed by atoms with Gasteiger partial charge >= 0.3 is 0 Å². The van der Waals surface area contributed by atoms with Gasteiger partial charge in [0.1, 0.15) is 12.4 Å². The average Bonchev–Trinajstić information content (AvgIpc) is 3.30. The third-order valence-corrected chi connectivity index (χ3v) is 4.86. The number of H-pyrrole nitrogens is 1. The number of piperidine rings is 1. The fraction of sp³-hybridized carbons (Fsp3) is 0.389. The van der Waals surface area contributed by atoms with E-state index in [0.29, 0.717) is 17.3 Å². The lowest BCUT2D eigenvalue weighted by Crippen LogP contribution is -2.39. The van der Waals surface area contributed by atoms with E-state index in [4.69, 9.17) is 5.11 Å². The summed E-state index contributed by atoms with van der Waals surface area (Å²) in [5.74, 6) is 1.16. The Morgan fingerprint density at radius 2 is 2.16 bits per heavy atom. The second kappa shape index (κ2) is 6.68. The molecule has 0 unspecified atom stereocenters. The van der Waals surface area contributed by atoms with E-state index >= 15 is 0 Å². The molecule has 0 bridgehead atoms. The van der Waals surface area contributed by atoms with Crippen molar-refractivity contribution in [3.8, 4) is 0 Å². The lowest BCUT2D eigenvalue weighted by atomic mass is 9.96. The Balaban J connectivity index is 1.41. The van der Waals surface area contributed by atoms with Crippen molar-refractivity contribution in [3.05, 3.63) is 48.3 Å². The minimum Gasteiger partial charge on any atom is -0.388 e. The number of aromatic amines is 1. The second-order valence-electron chi connectivity index (χ2n) is 6.57. The van der Waals surface area contributed by atoms with Crippen molar-refractivity contribution in [2.45, 2.75) is 26.0 Å².